The van der Waals surface area contributed by atoms with Crippen LogP contribution in [0.5, 0.6) is 0 Å². The summed E-state index contributed by atoms with van der Waals surface area (Å²) in [6.45, 7) is 5.21. The third-order valence-corrected chi connectivity index (χ3v) is 7.34. The van der Waals surface area contributed by atoms with Crippen molar-refractivity contribution in [2.45, 2.75) is 19.9 Å². The number of rotatable bonds is 4. The molecule has 4 rings (SSSR count). The highest BCUT2D eigenvalue weighted by atomic mass is 31.1. The van der Waals surface area contributed by atoms with E-state index < -0.39 is 7.92 Å². The highest BCUT2D eigenvalue weighted by molar-refractivity contribution is 7.77. The lowest BCUT2D eigenvalue weighted by atomic mass is 10.1. The molecule has 0 saturated carbocycles. The van der Waals surface area contributed by atoms with Gasteiger partial charge in [0.2, 0.25) is 0 Å². The van der Waals surface area contributed by atoms with Gasteiger partial charge in [0.15, 0.2) is 5.88 Å². The van der Waals surface area contributed by atoms with E-state index in [1.165, 1.54) is 21.5 Å². The van der Waals surface area contributed by atoms with Crippen LogP contribution in [0.2, 0.25) is 0 Å². The molecule has 0 aromatic heterocycles. The summed E-state index contributed by atoms with van der Waals surface area (Å²) in [5.41, 5.74) is 1.20. The second-order valence-corrected chi connectivity index (χ2v) is 9.15. The molecule has 132 valence electrons. The van der Waals surface area contributed by atoms with Crippen LogP contribution < -0.4 is 15.9 Å². The Bertz CT molecular complexity index is 813. The van der Waals surface area contributed by atoms with E-state index in [-0.39, 0.29) is 0 Å². The number of ether oxygens (including phenoxy) is 1. The van der Waals surface area contributed by atoms with Crippen LogP contribution in [-0.4, -0.2) is 12.6 Å². The summed E-state index contributed by atoms with van der Waals surface area (Å²) in [5.74, 6) is 1.48. The van der Waals surface area contributed by atoms with E-state index in [1.54, 1.807) is 0 Å². The summed E-state index contributed by atoms with van der Waals surface area (Å²) in [6.07, 6.45) is 6.58. The van der Waals surface area contributed by atoms with Gasteiger partial charge in [-0.1, -0.05) is 86.7 Å². The van der Waals surface area contributed by atoms with Gasteiger partial charge < -0.3 is 10.1 Å². The Labute approximate surface area is 157 Å². The minimum absolute atomic E-state index is 0.382. The molecule has 1 atom stereocenters. The molecule has 0 amide bonds. The van der Waals surface area contributed by atoms with Crippen molar-refractivity contribution in [3.8, 4) is 0 Å². The molecular weight excluding hydrogens is 337 g/mol. The molecule has 2 aromatic rings. The topological polar surface area (TPSA) is 21.3 Å². The SMILES string of the molecule is CC(C)[C@@H]1COC(=C2C=CC=C2P(c2ccccc2)c2ccccc2)N1. The zero-order valence-electron chi connectivity index (χ0n) is 15.2. The monoisotopic (exact) mass is 361 g/mol. The van der Waals surface area contributed by atoms with Crippen molar-refractivity contribution in [3.05, 3.63) is 95.7 Å². The molecule has 1 heterocycles. The lowest BCUT2D eigenvalue weighted by molar-refractivity contribution is 0.242. The predicted octanol–water partition coefficient (Wildman–Crippen LogP) is 4.43. The summed E-state index contributed by atoms with van der Waals surface area (Å²) >= 11 is 0. The lowest BCUT2D eigenvalue weighted by Gasteiger charge is -2.22. The van der Waals surface area contributed by atoms with Crippen molar-refractivity contribution in [1.82, 2.24) is 5.32 Å². The number of nitrogens with one attached hydrogen (secondary N) is 1. The van der Waals surface area contributed by atoms with Crippen molar-refractivity contribution < 1.29 is 4.74 Å². The standard InChI is InChI=1S/C23H24NOP/c1-17(2)21-16-25-23(24-21)20-14-9-15-22(20)26(18-10-5-3-6-11-18)19-12-7-4-8-13-19/h3-15,17,21,24H,16H2,1-2H3/t21-/m0/s1. The van der Waals surface area contributed by atoms with Crippen LogP contribution in [-0.2, 0) is 4.74 Å². The Morgan fingerprint density at radius 3 is 2.12 bits per heavy atom. The maximum atomic E-state index is 6.05. The smallest absolute Gasteiger partial charge is 0.195 e. The van der Waals surface area contributed by atoms with Gasteiger partial charge in [-0.3, -0.25) is 0 Å². The average Bonchev–Trinajstić information content (AvgIpc) is 3.33. The highest BCUT2D eigenvalue weighted by Gasteiger charge is 2.30. The number of benzene rings is 2. The van der Waals surface area contributed by atoms with Crippen LogP contribution in [0, 0.1) is 5.92 Å². The van der Waals surface area contributed by atoms with E-state index in [0.717, 1.165) is 12.5 Å². The molecule has 26 heavy (non-hydrogen) atoms. The molecule has 1 aliphatic carbocycles. The van der Waals surface area contributed by atoms with Gasteiger partial charge in [0.1, 0.15) is 6.61 Å². The molecule has 0 spiro atoms. The normalized spacial score (nSPS) is 21.8. The van der Waals surface area contributed by atoms with Crippen LogP contribution >= 0.6 is 7.92 Å². The molecule has 1 N–H and O–H groups in total. The molecule has 0 bridgehead atoms. The Kier molecular flexibility index (Phi) is 4.95. The van der Waals surface area contributed by atoms with Crippen LogP contribution in [0.3, 0.4) is 0 Å². The molecule has 1 aliphatic heterocycles. The van der Waals surface area contributed by atoms with Crippen molar-refractivity contribution in [2.75, 3.05) is 6.61 Å². The van der Waals surface area contributed by atoms with E-state index in [4.69, 9.17) is 4.74 Å². The van der Waals surface area contributed by atoms with Gasteiger partial charge in [-0.25, -0.2) is 0 Å². The van der Waals surface area contributed by atoms with Gasteiger partial charge in [0.05, 0.1) is 6.04 Å². The third-order valence-electron chi connectivity index (χ3n) is 4.84. The van der Waals surface area contributed by atoms with Crippen LogP contribution in [0.25, 0.3) is 0 Å². The fraction of sp³-hybridized carbons (Fsp3) is 0.217. The van der Waals surface area contributed by atoms with Crippen molar-refractivity contribution in [3.63, 3.8) is 0 Å². The van der Waals surface area contributed by atoms with Crippen LogP contribution in [0.4, 0.5) is 0 Å². The van der Waals surface area contributed by atoms with E-state index >= 15 is 0 Å². The van der Waals surface area contributed by atoms with E-state index in [2.05, 4.69) is 98.1 Å². The molecule has 3 heteroatoms. The first-order chi connectivity index (χ1) is 12.7. The van der Waals surface area contributed by atoms with Crippen molar-refractivity contribution in [2.24, 2.45) is 5.92 Å². The number of allylic oxidation sites excluding steroid dienone is 5. The fourth-order valence-electron chi connectivity index (χ4n) is 3.32. The average molecular weight is 361 g/mol. The summed E-state index contributed by atoms with van der Waals surface area (Å²) < 4.78 is 6.05. The van der Waals surface area contributed by atoms with Gasteiger partial charge >= 0.3 is 0 Å². The van der Waals surface area contributed by atoms with Gasteiger partial charge in [-0.05, 0) is 35.8 Å². The molecule has 1 saturated heterocycles. The molecule has 2 aliphatic rings. The minimum atomic E-state index is -0.616. The molecule has 2 nitrogen and oxygen atoms in total. The van der Waals surface area contributed by atoms with E-state index in [1.807, 2.05) is 0 Å². The Morgan fingerprint density at radius 2 is 1.58 bits per heavy atom. The van der Waals surface area contributed by atoms with Gasteiger partial charge in [0.25, 0.3) is 0 Å². The first kappa shape index (κ1) is 17.1. The van der Waals surface area contributed by atoms with Crippen LogP contribution in [0.15, 0.2) is 95.7 Å². The van der Waals surface area contributed by atoms with Gasteiger partial charge in [-0.2, -0.15) is 0 Å². The Hall–Kier alpha value is -2.31. The van der Waals surface area contributed by atoms with Gasteiger partial charge in [0, 0.05) is 5.57 Å². The molecular formula is C23H24NOP. The number of hydrogen-bond donors (Lipinski definition) is 1. The second-order valence-electron chi connectivity index (χ2n) is 6.97. The summed E-state index contributed by atoms with van der Waals surface area (Å²) in [4.78, 5) is 0. The Balaban J connectivity index is 1.75. The molecule has 2 aromatic carbocycles. The zero-order chi connectivity index (χ0) is 17.9. The zero-order valence-corrected chi connectivity index (χ0v) is 16.1. The first-order valence-corrected chi connectivity index (χ1v) is 10.5. The highest BCUT2D eigenvalue weighted by Crippen LogP contribution is 2.49. The minimum Gasteiger partial charge on any atom is -0.477 e. The quantitative estimate of drug-likeness (QED) is 0.814. The summed E-state index contributed by atoms with van der Waals surface area (Å²) in [7, 11) is -0.616. The molecule has 1 fully saturated rings. The van der Waals surface area contributed by atoms with E-state index in [9.17, 15) is 0 Å². The fourth-order valence-corrected chi connectivity index (χ4v) is 5.77. The Morgan fingerprint density at radius 1 is 0.962 bits per heavy atom. The number of hydrogen-bond acceptors (Lipinski definition) is 2. The lowest BCUT2D eigenvalue weighted by Crippen LogP contribution is -2.28. The molecule has 0 radical (unpaired) electrons. The maximum Gasteiger partial charge on any atom is 0.195 e. The van der Waals surface area contributed by atoms with E-state index in [0.29, 0.717) is 12.0 Å². The second kappa shape index (κ2) is 7.51. The van der Waals surface area contributed by atoms with Crippen molar-refractivity contribution in [1.29, 1.82) is 0 Å². The maximum absolute atomic E-state index is 6.05. The third kappa shape index (κ3) is 3.34. The predicted molar refractivity (Wildman–Crippen MR) is 111 cm³/mol. The summed E-state index contributed by atoms with van der Waals surface area (Å²) in [6, 6.07) is 22.0. The van der Waals surface area contributed by atoms with Crippen LogP contribution in [0.1, 0.15) is 13.8 Å². The summed E-state index contributed by atoms with van der Waals surface area (Å²) in [5, 5.41) is 7.67. The van der Waals surface area contributed by atoms with Crippen molar-refractivity contribution >= 4 is 18.5 Å². The van der Waals surface area contributed by atoms with Gasteiger partial charge in [-0.15, -0.1) is 0 Å². The largest absolute Gasteiger partial charge is 0.477 e. The first-order valence-electron chi connectivity index (χ1n) is 9.16. The molecule has 0 unspecified atom stereocenters.